The standard InChI is InChI=1S/C14H21BrN2/c1-10(16-2)11-7-8-14(13(15)9-11)17(3)12-5-4-6-12/h7-10,12,16H,4-6H2,1-3H3. The topological polar surface area (TPSA) is 15.3 Å². The molecule has 1 aromatic rings. The van der Waals surface area contributed by atoms with Gasteiger partial charge in [0.05, 0.1) is 5.69 Å². The molecule has 2 nitrogen and oxygen atoms in total. The van der Waals surface area contributed by atoms with Crippen LogP contribution >= 0.6 is 15.9 Å². The first kappa shape index (κ1) is 12.9. The first-order valence-corrected chi connectivity index (χ1v) is 7.12. The van der Waals surface area contributed by atoms with Crippen molar-refractivity contribution in [1.29, 1.82) is 0 Å². The minimum absolute atomic E-state index is 0.398. The summed E-state index contributed by atoms with van der Waals surface area (Å²) in [4.78, 5) is 2.40. The summed E-state index contributed by atoms with van der Waals surface area (Å²) >= 11 is 3.70. The van der Waals surface area contributed by atoms with Crippen molar-refractivity contribution in [2.45, 2.75) is 38.3 Å². The lowest BCUT2D eigenvalue weighted by molar-refractivity contribution is 0.401. The minimum Gasteiger partial charge on any atom is -0.371 e. The van der Waals surface area contributed by atoms with Crippen LogP contribution in [0.5, 0.6) is 0 Å². The van der Waals surface area contributed by atoms with E-state index >= 15 is 0 Å². The van der Waals surface area contributed by atoms with E-state index in [0.717, 1.165) is 6.04 Å². The summed E-state index contributed by atoms with van der Waals surface area (Å²) in [6.07, 6.45) is 4.04. The van der Waals surface area contributed by atoms with Crippen LogP contribution in [0.15, 0.2) is 22.7 Å². The number of nitrogens with zero attached hydrogens (tertiary/aromatic N) is 1. The van der Waals surface area contributed by atoms with Gasteiger partial charge in [0.15, 0.2) is 0 Å². The largest absolute Gasteiger partial charge is 0.371 e. The Hall–Kier alpha value is -0.540. The molecule has 1 N–H and O–H groups in total. The number of rotatable bonds is 4. The number of hydrogen-bond donors (Lipinski definition) is 1. The van der Waals surface area contributed by atoms with Crippen molar-refractivity contribution >= 4 is 21.6 Å². The van der Waals surface area contributed by atoms with Gasteiger partial charge in [0.1, 0.15) is 0 Å². The van der Waals surface area contributed by atoms with Gasteiger partial charge in [0, 0.05) is 23.6 Å². The molecule has 17 heavy (non-hydrogen) atoms. The molecule has 0 aliphatic heterocycles. The van der Waals surface area contributed by atoms with E-state index in [1.807, 2.05) is 7.05 Å². The Bertz CT molecular complexity index is 388. The fourth-order valence-electron chi connectivity index (χ4n) is 2.22. The van der Waals surface area contributed by atoms with Crippen molar-refractivity contribution in [3.05, 3.63) is 28.2 Å². The maximum absolute atomic E-state index is 3.70. The van der Waals surface area contributed by atoms with E-state index in [1.54, 1.807) is 0 Å². The Morgan fingerprint density at radius 3 is 2.59 bits per heavy atom. The molecule has 0 amide bonds. The lowest BCUT2D eigenvalue weighted by Crippen LogP contribution is -2.37. The van der Waals surface area contributed by atoms with E-state index < -0.39 is 0 Å². The molecule has 3 heteroatoms. The van der Waals surface area contributed by atoms with Crippen LogP contribution < -0.4 is 10.2 Å². The third-order valence-electron chi connectivity index (χ3n) is 3.91. The molecule has 94 valence electrons. The van der Waals surface area contributed by atoms with Gasteiger partial charge in [0.25, 0.3) is 0 Å². The fourth-order valence-corrected chi connectivity index (χ4v) is 2.89. The highest BCUT2D eigenvalue weighted by atomic mass is 79.9. The van der Waals surface area contributed by atoms with Gasteiger partial charge in [-0.15, -0.1) is 0 Å². The normalized spacial score (nSPS) is 17.6. The first-order valence-electron chi connectivity index (χ1n) is 6.33. The summed E-state index contributed by atoms with van der Waals surface area (Å²) in [7, 11) is 4.19. The number of nitrogens with one attached hydrogen (secondary N) is 1. The summed E-state index contributed by atoms with van der Waals surface area (Å²) < 4.78 is 1.20. The average molecular weight is 297 g/mol. The Morgan fingerprint density at radius 1 is 1.41 bits per heavy atom. The molecular weight excluding hydrogens is 276 g/mol. The van der Waals surface area contributed by atoms with Crippen molar-refractivity contribution < 1.29 is 0 Å². The second kappa shape index (κ2) is 5.40. The van der Waals surface area contributed by atoms with Crippen molar-refractivity contribution in [3.63, 3.8) is 0 Å². The second-order valence-corrected chi connectivity index (χ2v) is 5.77. The zero-order valence-corrected chi connectivity index (χ0v) is 12.4. The van der Waals surface area contributed by atoms with Crippen molar-refractivity contribution in [3.8, 4) is 0 Å². The summed E-state index contributed by atoms with van der Waals surface area (Å²) in [6.45, 7) is 2.18. The van der Waals surface area contributed by atoms with Crippen LogP contribution in [-0.2, 0) is 0 Å². The monoisotopic (exact) mass is 296 g/mol. The summed E-state index contributed by atoms with van der Waals surface area (Å²) in [6, 6.07) is 7.81. The fraction of sp³-hybridized carbons (Fsp3) is 0.571. The van der Waals surface area contributed by atoms with E-state index in [0.29, 0.717) is 6.04 Å². The third-order valence-corrected chi connectivity index (χ3v) is 4.54. The molecule has 0 spiro atoms. The highest BCUT2D eigenvalue weighted by molar-refractivity contribution is 9.10. The summed E-state index contributed by atoms with van der Waals surface area (Å²) in [5.74, 6) is 0. The Labute approximate surface area is 113 Å². The molecule has 1 fully saturated rings. The second-order valence-electron chi connectivity index (χ2n) is 4.92. The van der Waals surface area contributed by atoms with Gasteiger partial charge in [-0.25, -0.2) is 0 Å². The summed E-state index contributed by atoms with van der Waals surface area (Å²) in [5, 5.41) is 3.27. The Balaban J connectivity index is 2.18. The molecular formula is C14H21BrN2. The molecule has 1 aromatic carbocycles. The molecule has 0 radical (unpaired) electrons. The Kier molecular flexibility index (Phi) is 4.10. The highest BCUT2D eigenvalue weighted by Crippen LogP contribution is 2.34. The quantitative estimate of drug-likeness (QED) is 0.911. The van der Waals surface area contributed by atoms with Crippen LogP contribution in [0.25, 0.3) is 0 Å². The molecule has 1 atom stereocenters. The third kappa shape index (κ3) is 2.66. The van der Waals surface area contributed by atoms with Gasteiger partial charge in [-0.05, 0) is 66.9 Å². The molecule has 1 unspecified atom stereocenters. The van der Waals surface area contributed by atoms with Crippen molar-refractivity contribution in [1.82, 2.24) is 5.32 Å². The van der Waals surface area contributed by atoms with Crippen LogP contribution in [0, 0.1) is 0 Å². The average Bonchev–Trinajstić information content (AvgIpc) is 2.25. The predicted molar refractivity (Wildman–Crippen MR) is 77.7 cm³/mol. The van der Waals surface area contributed by atoms with Gasteiger partial charge in [-0.1, -0.05) is 6.07 Å². The molecule has 0 aromatic heterocycles. The van der Waals surface area contributed by atoms with Gasteiger partial charge >= 0.3 is 0 Å². The minimum atomic E-state index is 0.398. The molecule has 0 saturated heterocycles. The number of halogens is 1. The molecule has 0 bridgehead atoms. The van der Waals surface area contributed by atoms with Crippen LogP contribution in [0.2, 0.25) is 0 Å². The molecule has 1 saturated carbocycles. The lowest BCUT2D eigenvalue weighted by Gasteiger charge is -2.37. The molecule has 0 heterocycles. The van der Waals surface area contributed by atoms with E-state index in [9.17, 15) is 0 Å². The SMILES string of the molecule is CNC(C)c1ccc(N(C)C2CCC2)c(Br)c1. The van der Waals surface area contributed by atoms with Gasteiger partial charge in [0.2, 0.25) is 0 Å². The number of anilines is 1. The number of benzene rings is 1. The van der Waals surface area contributed by atoms with Crippen LogP contribution in [0.1, 0.15) is 37.8 Å². The maximum Gasteiger partial charge on any atom is 0.0510 e. The molecule has 1 aliphatic carbocycles. The van der Waals surface area contributed by atoms with Gasteiger partial charge in [-0.2, -0.15) is 0 Å². The number of hydrogen-bond acceptors (Lipinski definition) is 2. The smallest absolute Gasteiger partial charge is 0.0510 e. The van der Waals surface area contributed by atoms with Crippen molar-refractivity contribution in [2.75, 3.05) is 19.0 Å². The van der Waals surface area contributed by atoms with Crippen LogP contribution in [-0.4, -0.2) is 20.1 Å². The molecule has 2 rings (SSSR count). The van der Waals surface area contributed by atoms with Crippen molar-refractivity contribution in [2.24, 2.45) is 0 Å². The Morgan fingerprint density at radius 2 is 2.12 bits per heavy atom. The van der Waals surface area contributed by atoms with Gasteiger partial charge in [-0.3, -0.25) is 0 Å². The maximum atomic E-state index is 3.70. The first-order chi connectivity index (χ1) is 8.13. The summed E-state index contributed by atoms with van der Waals surface area (Å²) in [5.41, 5.74) is 2.63. The highest BCUT2D eigenvalue weighted by Gasteiger charge is 2.23. The van der Waals surface area contributed by atoms with E-state index in [2.05, 4.69) is 58.3 Å². The zero-order chi connectivity index (χ0) is 12.4. The zero-order valence-electron chi connectivity index (χ0n) is 10.8. The van der Waals surface area contributed by atoms with Crippen LogP contribution in [0.4, 0.5) is 5.69 Å². The van der Waals surface area contributed by atoms with Gasteiger partial charge < -0.3 is 10.2 Å². The van der Waals surface area contributed by atoms with E-state index in [-0.39, 0.29) is 0 Å². The molecule has 1 aliphatic rings. The van der Waals surface area contributed by atoms with E-state index in [4.69, 9.17) is 0 Å². The van der Waals surface area contributed by atoms with Crippen LogP contribution in [0.3, 0.4) is 0 Å². The van der Waals surface area contributed by atoms with E-state index in [1.165, 1.54) is 35.0 Å². The predicted octanol–water partition coefficient (Wildman–Crippen LogP) is 3.72. The lowest BCUT2D eigenvalue weighted by atomic mass is 9.91.